The van der Waals surface area contributed by atoms with Crippen molar-refractivity contribution in [2.75, 3.05) is 26.7 Å². The van der Waals surface area contributed by atoms with Gasteiger partial charge in [-0.25, -0.2) is 0 Å². The monoisotopic (exact) mass is 537 g/mol. The summed E-state index contributed by atoms with van der Waals surface area (Å²) in [6.45, 7) is 2.27. The van der Waals surface area contributed by atoms with E-state index >= 15 is 0 Å². The number of likely N-dealkylation sites (tertiary alicyclic amines) is 2. The summed E-state index contributed by atoms with van der Waals surface area (Å²) in [5.74, 6) is 0.299. The Kier molecular flexibility index (Phi) is 8.41. The molecule has 3 aliphatic rings. The molecule has 7 heteroatoms. The molecular weight excluding hydrogens is 498 g/mol. The lowest BCUT2D eigenvalue weighted by molar-refractivity contribution is -0.141. The highest BCUT2D eigenvalue weighted by atomic mass is 35.5. The molecule has 2 atom stereocenters. The maximum atomic E-state index is 14.0. The van der Waals surface area contributed by atoms with Gasteiger partial charge in [0, 0.05) is 24.7 Å². The fourth-order valence-electron chi connectivity index (χ4n) is 6.76. The SMILES string of the molecule is CN(C(=O)CN1CCC2(CC1)C[C@@H]([C@H](O)c1ccccc1)N(Cc1cccc(Cl)c1)C2=O)C1CCCCC1. The molecular formula is C31H40ClN3O3. The number of nitrogens with zero attached hydrogens (tertiary/aromatic N) is 3. The third kappa shape index (κ3) is 5.78. The van der Waals surface area contributed by atoms with Crippen LogP contribution in [0.1, 0.15) is 68.6 Å². The highest BCUT2D eigenvalue weighted by molar-refractivity contribution is 6.30. The van der Waals surface area contributed by atoms with E-state index in [1.807, 2.05) is 71.4 Å². The number of aliphatic hydroxyl groups excluding tert-OH is 1. The fraction of sp³-hybridized carbons (Fsp3) is 0.548. The Morgan fingerprint density at radius 2 is 1.79 bits per heavy atom. The highest BCUT2D eigenvalue weighted by Crippen LogP contribution is 2.48. The molecule has 2 saturated heterocycles. The van der Waals surface area contributed by atoms with Crippen molar-refractivity contribution in [2.45, 2.75) is 76.1 Å². The zero-order valence-electron chi connectivity index (χ0n) is 22.4. The van der Waals surface area contributed by atoms with Crippen LogP contribution < -0.4 is 0 Å². The predicted molar refractivity (Wildman–Crippen MR) is 150 cm³/mol. The van der Waals surface area contributed by atoms with Crippen molar-refractivity contribution < 1.29 is 14.7 Å². The molecule has 1 saturated carbocycles. The van der Waals surface area contributed by atoms with Crippen molar-refractivity contribution in [1.29, 1.82) is 0 Å². The van der Waals surface area contributed by atoms with Crippen molar-refractivity contribution in [2.24, 2.45) is 5.41 Å². The molecule has 0 aromatic heterocycles. The van der Waals surface area contributed by atoms with Gasteiger partial charge >= 0.3 is 0 Å². The largest absolute Gasteiger partial charge is 0.386 e. The van der Waals surface area contributed by atoms with E-state index in [0.717, 1.165) is 37.1 Å². The molecule has 6 nitrogen and oxygen atoms in total. The lowest BCUT2D eigenvalue weighted by Crippen LogP contribution is -2.49. The van der Waals surface area contributed by atoms with Gasteiger partial charge in [-0.05, 0) is 68.5 Å². The van der Waals surface area contributed by atoms with E-state index in [1.165, 1.54) is 19.3 Å². The van der Waals surface area contributed by atoms with Crippen LogP contribution in [0.2, 0.25) is 5.02 Å². The minimum Gasteiger partial charge on any atom is -0.386 e. The number of hydrogen-bond acceptors (Lipinski definition) is 4. The molecule has 2 aliphatic heterocycles. The second-order valence-electron chi connectivity index (χ2n) is 11.5. The lowest BCUT2D eigenvalue weighted by Gasteiger charge is -2.39. The van der Waals surface area contributed by atoms with Crippen LogP contribution in [0.4, 0.5) is 0 Å². The smallest absolute Gasteiger partial charge is 0.236 e. The number of carbonyl (C=O) groups excluding carboxylic acids is 2. The average Bonchev–Trinajstić information content (AvgIpc) is 3.20. The second kappa shape index (κ2) is 11.8. The Labute approximate surface area is 231 Å². The molecule has 5 rings (SSSR count). The molecule has 38 heavy (non-hydrogen) atoms. The van der Waals surface area contributed by atoms with Crippen LogP contribution in [0, 0.1) is 5.41 Å². The minimum absolute atomic E-state index is 0.114. The second-order valence-corrected chi connectivity index (χ2v) is 12.0. The molecule has 2 amide bonds. The predicted octanol–water partition coefficient (Wildman–Crippen LogP) is 5.05. The molecule has 0 radical (unpaired) electrons. The van der Waals surface area contributed by atoms with Crippen LogP contribution in [-0.4, -0.2) is 70.4 Å². The summed E-state index contributed by atoms with van der Waals surface area (Å²) in [6.07, 6.45) is 7.16. The number of rotatable bonds is 7. The van der Waals surface area contributed by atoms with E-state index in [2.05, 4.69) is 4.90 Å². The molecule has 1 aliphatic carbocycles. The summed E-state index contributed by atoms with van der Waals surface area (Å²) in [5, 5.41) is 12.1. The molecule has 1 spiro atoms. The van der Waals surface area contributed by atoms with Crippen LogP contribution in [-0.2, 0) is 16.1 Å². The van der Waals surface area contributed by atoms with E-state index < -0.39 is 11.5 Å². The van der Waals surface area contributed by atoms with Crippen LogP contribution >= 0.6 is 11.6 Å². The molecule has 1 N–H and O–H groups in total. The van der Waals surface area contributed by atoms with Gasteiger partial charge in [-0.3, -0.25) is 14.5 Å². The van der Waals surface area contributed by atoms with Gasteiger partial charge in [0.25, 0.3) is 0 Å². The Morgan fingerprint density at radius 3 is 2.47 bits per heavy atom. The molecule has 2 aromatic carbocycles. The third-order valence-electron chi connectivity index (χ3n) is 9.15. The van der Waals surface area contributed by atoms with E-state index in [1.54, 1.807) is 0 Å². The first kappa shape index (κ1) is 27.2. The maximum absolute atomic E-state index is 14.0. The summed E-state index contributed by atoms with van der Waals surface area (Å²) >= 11 is 6.24. The van der Waals surface area contributed by atoms with Crippen LogP contribution in [0.3, 0.4) is 0 Å². The van der Waals surface area contributed by atoms with Crippen LogP contribution in [0.5, 0.6) is 0 Å². The minimum atomic E-state index is -0.762. The van der Waals surface area contributed by atoms with Gasteiger partial charge in [0.05, 0.1) is 24.1 Å². The van der Waals surface area contributed by atoms with Gasteiger partial charge in [0.1, 0.15) is 0 Å². The van der Waals surface area contributed by atoms with Gasteiger partial charge in [-0.1, -0.05) is 73.3 Å². The highest BCUT2D eigenvalue weighted by Gasteiger charge is 2.54. The number of carbonyl (C=O) groups is 2. The Morgan fingerprint density at radius 1 is 1.08 bits per heavy atom. The molecule has 204 valence electrons. The standard InChI is InChI=1S/C31H40ClN3O3/c1-33(26-13-6-3-7-14-26)28(36)22-34-17-15-31(16-18-34)20-27(29(37)24-10-4-2-5-11-24)35(30(31)38)21-23-9-8-12-25(32)19-23/h2,4-5,8-12,19,26-27,29,37H,3,6-7,13-18,20-22H2,1H3/t27-,29+/m0/s1. The molecule has 2 aromatic rings. The Hall–Kier alpha value is -2.41. The van der Waals surface area contributed by atoms with E-state index in [-0.39, 0.29) is 17.9 Å². The zero-order chi connectivity index (χ0) is 26.7. The average molecular weight is 538 g/mol. The number of hydrogen-bond donors (Lipinski definition) is 1. The summed E-state index contributed by atoms with van der Waals surface area (Å²) in [6, 6.07) is 17.3. The van der Waals surface area contributed by atoms with E-state index in [9.17, 15) is 14.7 Å². The van der Waals surface area contributed by atoms with E-state index in [0.29, 0.717) is 43.4 Å². The van der Waals surface area contributed by atoms with Crippen molar-refractivity contribution in [1.82, 2.24) is 14.7 Å². The van der Waals surface area contributed by atoms with Crippen molar-refractivity contribution in [3.05, 3.63) is 70.7 Å². The first-order valence-electron chi connectivity index (χ1n) is 14.1. The van der Waals surface area contributed by atoms with Crippen LogP contribution in [0.25, 0.3) is 0 Å². The summed E-state index contributed by atoms with van der Waals surface area (Å²) in [4.78, 5) is 33.1. The van der Waals surface area contributed by atoms with Crippen molar-refractivity contribution >= 4 is 23.4 Å². The number of aliphatic hydroxyl groups is 1. The zero-order valence-corrected chi connectivity index (χ0v) is 23.2. The number of piperidine rings is 1. The van der Waals surface area contributed by atoms with Gasteiger partial charge < -0.3 is 14.9 Å². The van der Waals surface area contributed by atoms with Gasteiger partial charge in [0.15, 0.2) is 0 Å². The fourth-order valence-corrected chi connectivity index (χ4v) is 6.97. The van der Waals surface area contributed by atoms with Gasteiger partial charge in [-0.15, -0.1) is 0 Å². The number of halogens is 1. The first-order valence-corrected chi connectivity index (χ1v) is 14.5. The summed E-state index contributed by atoms with van der Waals surface area (Å²) in [5.41, 5.74) is 1.28. The van der Waals surface area contributed by atoms with Crippen molar-refractivity contribution in [3.63, 3.8) is 0 Å². The lowest BCUT2D eigenvalue weighted by atomic mass is 9.75. The molecule has 0 unspecified atom stereocenters. The third-order valence-corrected chi connectivity index (χ3v) is 9.39. The normalized spacial score (nSPS) is 23.1. The van der Waals surface area contributed by atoms with Gasteiger partial charge in [0.2, 0.25) is 11.8 Å². The van der Waals surface area contributed by atoms with Crippen LogP contribution in [0.15, 0.2) is 54.6 Å². The quantitative estimate of drug-likeness (QED) is 0.537. The molecule has 0 bridgehead atoms. The maximum Gasteiger partial charge on any atom is 0.236 e. The van der Waals surface area contributed by atoms with Crippen molar-refractivity contribution in [3.8, 4) is 0 Å². The molecule has 3 fully saturated rings. The summed E-state index contributed by atoms with van der Waals surface area (Å²) in [7, 11) is 1.95. The summed E-state index contributed by atoms with van der Waals surface area (Å²) < 4.78 is 0. The topological polar surface area (TPSA) is 64.1 Å². The number of benzene rings is 2. The Balaban J connectivity index is 1.28. The van der Waals surface area contributed by atoms with Gasteiger partial charge in [-0.2, -0.15) is 0 Å². The van der Waals surface area contributed by atoms with E-state index in [4.69, 9.17) is 11.6 Å². The first-order chi connectivity index (χ1) is 18.4. The number of amides is 2. The number of likely N-dealkylation sites (N-methyl/N-ethyl adjacent to an activating group) is 1. The molecule has 2 heterocycles. The Bertz CT molecular complexity index is 1110.